The van der Waals surface area contributed by atoms with E-state index < -0.39 is 0 Å². The topological polar surface area (TPSA) is 29.5 Å². The Morgan fingerprint density at radius 1 is 1.62 bits per heavy atom. The lowest BCUT2D eigenvalue weighted by atomic mass is 10.1. The maximum absolute atomic E-state index is 11.1. The van der Waals surface area contributed by atoms with Crippen molar-refractivity contribution in [2.24, 2.45) is 5.92 Å². The lowest BCUT2D eigenvalue weighted by Gasteiger charge is -2.14. The van der Waals surface area contributed by atoms with Gasteiger partial charge in [-0.05, 0) is 26.3 Å². The zero-order valence-corrected chi connectivity index (χ0v) is 8.58. The second-order valence-electron chi connectivity index (χ2n) is 3.74. The molecular formula is C10H19NO2. The third kappa shape index (κ3) is 3.44. The molecule has 0 amide bonds. The molecule has 3 heteroatoms. The highest BCUT2D eigenvalue weighted by molar-refractivity contribution is 5.78. The van der Waals surface area contributed by atoms with E-state index in [0.717, 1.165) is 39.1 Å². The average Bonchev–Trinajstić information content (AvgIpc) is 2.53. The van der Waals surface area contributed by atoms with Gasteiger partial charge in [0, 0.05) is 32.7 Å². The van der Waals surface area contributed by atoms with Crippen LogP contribution >= 0.6 is 0 Å². The van der Waals surface area contributed by atoms with Gasteiger partial charge in [0.2, 0.25) is 0 Å². The lowest BCUT2D eigenvalue weighted by Crippen LogP contribution is -2.24. The van der Waals surface area contributed by atoms with Gasteiger partial charge in [-0.15, -0.1) is 0 Å². The molecule has 0 spiro atoms. The van der Waals surface area contributed by atoms with Crippen LogP contribution in [0.3, 0.4) is 0 Å². The van der Waals surface area contributed by atoms with Crippen LogP contribution in [0.15, 0.2) is 0 Å². The minimum absolute atomic E-state index is 0.294. The van der Waals surface area contributed by atoms with E-state index in [9.17, 15) is 4.79 Å². The third-order valence-electron chi connectivity index (χ3n) is 2.67. The standard InChI is InChI=1S/C10H19NO2/c1-9(12)10-4-6-11(8-10)5-3-7-13-2/h10H,3-8H2,1-2H3. The summed E-state index contributed by atoms with van der Waals surface area (Å²) >= 11 is 0. The summed E-state index contributed by atoms with van der Waals surface area (Å²) in [4.78, 5) is 13.4. The summed E-state index contributed by atoms with van der Waals surface area (Å²) in [6.07, 6.45) is 2.11. The zero-order valence-electron chi connectivity index (χ0n) is 8.58. The summed E-state index contributed by atoms with van der Waals surface area (Å²) in [6.45, 7) is 5.62. The van der Waals surface area contributed by atoms with Gasteiger partial charge in [0.25, 0.3) is 0 Å². The molecule has 1 aliphatic heterocycles. The van der Waals surface area contributed by atoms with Crippen LogP contribution in [-0.2, 0) is 9.53 Å². The van der Waals surface area contributed by atoms with Crippen molar-refractivity contribution in [3.05, 3.63) is 0 Å². The molecule has 0 aromatic carbocycles. The molecule has 13 heavy (non-hydrogen) atoms. The van der Waals surface area contributed by atoms with Crippen LogP contribution in [0, 0.1) is 5.92 Å². The maximum Gasteiger partial charge on any atom is 0.134 e. The van der Waals surface area contributed by atoms with Crippen molar-refractivity contribution in [2.45, 2.75) is 19.8 Å². The number of ketones is 1. The molecule has 0 radical (unpaired) electrons. The van der Waals surface area contributed by atoms with Gasteiger partial charge in [-0.25, -0.2) is 0 Å². The molecule has 1 saturated heterocycles. The van der Waals surface area contributed by atoms with Crippen molar-refractivity contribution in [1.29, 1.82) is 0 Å². The number of nitrogens with zero attached hydrogens (tertiary/aromatic N) is 1. The Morgan fingerprint density at radius 3 is 2.92 bits per heavy atom. The maximum atomic E-state index is 11.1. The number of Topliss-reactive ketones (excluding diaryl/α,β-unsaturated/α-hetero) is 1. The zero-order chi connectivity index (χ0) is 9.68. The molecule has 0 aliphatic carbocycles. The van der Waals surface area contributed by atoms with Gasteiger partial charge in [-0.2, -0.15) is 0 Å². The summed E-state index contributed by atoms with van der Waals surface area (Å²) in [5, 5.41) is 0. The van der Waals surface area contributed by atoms with Crippen molar-refractivity contribution in [2.75, 3.05) is 33.4 Å². The fourth-order valence-electron chi connectivity index (χ4n) is 1.80. The number of methoxy groups -OCH3 is 1. The van der Waals surface area contributed by atoms with Crippen LogP contribution < -0.4 is 0 Å². The van der Waals surface area contributed by atoms with Gasteiger partial charge in [0.15, 0.2) is 0 Å². The summed E-state index contributed by atoms with van der Waals surface area (Å²) in [6, 6.07) is 0. The van der Waals surface area contributed by atoms with Crippen LogP contribution in [0.2, 0.25) is 0 Å². The smallest absolute Gasteiger partial charge is 0.134 e. The summed E-state index contributed by atoms with van der Waals surface area (Å²) in [5.41, 5.74) is 0. The number of ether oxygens (including phenoxy) is 1. The van der Waals surface area contributed by atoms with Gasteiger partial charge < -0.3 is 9.64 Å². The first-order chi connectivity index (χ1) is 6.24. The normalized spacial score (nSPS) is 23.7. The highest BCUT2D eigenvalue weighted by Crippen LogP contribution is 2.16. The van der Waals surface area contributed by atoms with Crippen molar-refractivity contribution in [3.63, 3.8) is 0 Å². The fourth-order valence-corrected chi connectivity index (χ4v) is 1.80. The summed E-state index contributed by atoms with van der Waals surface area (Å²) in [7, 11) is 1.72. The second kappa shape index (κ2) is 5.35. The van der Waals surface area contributed by atoms with Crippen LogP contribution in [0.1, 0.15) is 19.8 Å². The Labute approximate surface area is 80.1 Å². The van der Waals surface area contributed by atoms with E-state index in [2.05, 4.69) is 4.90 Å². The first-order valence-corrected chi connectivity index (χ1v) is 4.95. The molecule has 0 aromatic heterocycles. The van der Waals surface area contributed by atoms with E-state index >= 15 is 0 Å². The summed E-state index contributed by atoms with van der Waals surface area (Å²) < 4.78 is 4.98. The van der Waals surface area contributed by atoms with Crippen molar-refractivity contribution in [3.8, 4) is 0 Å². The quantitative estimate of drug-likeness (QED) is 0.597. The molecule has 0 aromatic rings. The lowest BCUT2D eigenvalue weighted by molar-refractivity contribution is -0.120. The van der Waals surface area contributed by atoms with E-state index in [4.69, 9.17) is 4.74 Å². The minimum Gasteiger partial charge on any atom is -0.385 e. The monoisotopic (exact) mass is 185 g/mol. The Hall–Kier alpha value is -0.410. The highest BCUT2D eigenvalue weighted by Gasteiger charge is 2.24. The van der Waals surface area contributed by atoms with Gasteiger partial charge in [-0.1, -0.05) is 0 Å². The van der Waals surface area contributed by atoms with Crippen LogP contribution in [-0.4, -0.2) is 44.0 Å². The first kappa shape index (κ1) is 10.7. The van der Waals surface area contributed by atoms with Crippen LogP contribution in [0.5, 0.6) is 0 Å². The molecule has 1 unspecified atom stereocenters. The highest BCUT2D eigenvalue weighted by atomic mass is 16.5. The Kier molecular flexibility index (Phi) is 4.39. The largest absolute Gasteiger partial charge is 0.385 e. The molecule has 1 fully saturated rings. The molecule has 1 aliphatic rings. The third-order valence-corrected chi connectivity index (χ3v) is 2.67. The number of carbonyl (C=O) groups is 1. The number of hydrogen-bond donors (Lipinski definition) is 0. The molecule has 3 nitrogen and oxygen atoms in total. The van der Waals surface area contributed by atoms with Crippen molar-refractivity contribution < 1.29 is 9.53 Å². The van der Waals surface area contributed by atoms with E-state index in [1.807, 2.05) is 0 Å². The SMILES string of the molecule is COCCCN1CCC(C(C)=O)C1. The Balaban J connectivity index is 2.14. The average molecular weight is 185 g/mol. The number of hydrogen-bond acceptors (Lipinski definition) is 3. The van der Waals surface area contributed by atoms with Gasteiger partial charge in [0.05, 0.1) is 0 Å². The van der Waals surface area contributed by atoms with Gasteiger partial charge in [-0.3, -0.25) is 4.79 Å². The first-order valence-electron chi connectivity index (χ1n) is 4.95. The molecule has 1 rings (SSSR count). The molecule has 1 atom stereocenters. The fraction of sp³-hybridized carbons (Fsp3) is 0.900. The molecule has 1 heterocycles. The number of likely N-dealkylation sites (tertiary alicyclic amines) is 1. The molecule has 0 N–H and O–H groups in total. The number of carbonyl (C=O) groups excluding carboxylic acids is 1. The molecule has 0 bridgehead atoms. The van der Waals surface area contributed by atoms with Gasteiger partial charge >= 0.3 is 0 Å². The predicted molar refractivity (Wildman–Crippen MR) is 51.7 cm³/mol. The Bertz CT molecular complexity index is 170. The van der Waals surface area contributed by atoms with E-state index in [0.29, 0.717) is 11.7 Å². The number of rotatable bonds is 5. The summed E-state index contributed by atoms with van der Waals surface area (Å²) in [5.74, 6) is 0.636. The van der Waals surface area contributed by atoms with Crippen molar-refractivity contribution >= 4 is 5.78 Å². The van der Waals surface area contributed by atoms with E-state index in [1.54, 1.807) is 14.0 Å². The van der Waals surface area contributed by atoms with Crippen LogP contribution in [0.4, 0.5) is 0 Å². The van der Waals surface area contributed by atoms with E-state index in [-0.39, 0.29) is 0 Å². The molecular weight excluding hydrogens is 166 g/mol. The van der Waals surface area contributed by atoms with Crippen LogP contribution in [0.25, 0.3) is 0 Å². The molecule has 0 saturated carbocycles. The van der Waals surface area contributed by atoms with Crippen molar-refractivity contribution in [1.82, 2.24) is 4.90 Å². The molecule has 76 valence electrons. The second-order valence-corrected chi connectivity index (χ2v) is 3.74. The van der Waals surface area contributed by atoms with E-state index in [1.165, 1.54) is 0 Å². The predicted octanol–water partition coefficient (Wildman–Crippen LogP) is 0.934. The van der Waals surface area contributed by atoms with Gasteiger partial charge in [0.1, 0.15) is 5.78 Å². The minimum atomic E-state index is 0.294. The Morgan fingerprint density at radius 2 is 2.38 bits per heavy atom.